The third-order valence-corrected chi connectivity index (χ3v) is 4.81. The van der Waals surface area contributed by atoms with Gasteiger partial charge >= 0.3 is 0 Å². The van der Waals surface area contributed by atoms with Crippen molar-refractivity contribution in [2.45, 2.75) is 19.8 Å². The zero-order valence-electron chi connectivity index (χ0n) is 13.4. The highest BCUT2D eigenvalue weighted by molar-refractivity contribution is 6.36. The van der Waals surface area contributed by atoms with E-state index in [0.717, 1.165) is 37.3 Å². The molecule has 2 aromatic rings. The predicted molar refractivity (Wildman–Crippen MR) is 98.3 cm³/mol. The molecule has 1 aromatic carbocycles. The Morgan fingerprint density at radius 2 is 1.96 bits per heavy atom. The van der Waals surface area contributed by atoms with Gasteiger partial charge in [0, 0.05) is 30.0 Å². The summed E-state index contributed by atoms with van der Waals surface area (Å²) < 4.78 is 0. The maximum absolute atomic E-state index is 12.6. The Balaban J connectivity index is 1.75. The fraction of sp³-hybridized carbons (Fsp3) is 0.333. The lowest BCUT2D eigenvalue weighted by Gasteiger charge is -2.30. The highest BCUT2D eigenvalue weighted by Gasteiger charge is 2.22. The summed E-state index contributed by atoms with van der Waals surface area (Å²) in [6.45, 7) is 3.81. The van der Waals surface area contributed by atoms with Crippen LogP contribution in [-0.4, -0.2) is 28.9 Å². The third-order valence-electron chi connectivity index (χ3n) is 4.26. The van der Waals surface area contributed by atoms with Crippen LogP contribution in [0.3, 0.4) is 0 Å². The summed E-state index contributed by atoms with van der Waals surface area (Å²) >= 11 is 12.1. The molecule has 0 radical (unpaired) electrons. The largest absolute Gasteiger partial charge is 0.354 e. The number of carbonyl (C=O) groups is 1. The zero-order valence-corrected chi connectivity index (χ0v) is 14.9. The van der Waals surface area contributed by atoms with Crippen LogP contribution >= 0.6 is 23.2 Å². The first-order valence-electron chi connectivity index (χ1n) is 8.00. The van der Waals surface area contributed by atoms with Gasteiger partial charge in [0.05, 0.1) is 10.7 Å². The van der Waals surface area contributed by atoms with Crippen LogP contribution in [0.2, 0.25) is 10.0 Å². The van der Waals surface area contributed by atoms with E-state index in [2.05, 4.69) is 17.2 Å². The molecule has 126 valence electrons. The van der Waals surface area contributed by atoms with E-state index >= 15 is 0 Å². The van der Waals surface area contributed by atoms with Gasteiger partial charge in [0.15, 0.2) is 0 Å². The lowest BCUT2D eigenvalue weighted by Crippen LogP contribution is -2.38. The molecule has 6 heteroatoms. The van der Waals surface area contributed by atoms with Crippen molar-refractivity contribution in [1.82, 2.24) is 9.88 Å². The van der Waals surface area contributed by atoms with Gasteiger partial charge in [0.25, 0.3) is 5.91 Å². The highest BCUT2D eigenvalue weighted by atomic mass is 35.5. The molecule has 1 aliphatic rings. The number of rotatable bonds is 3. The van der Waals surface area contributed by atoms with E-state index in [9.17, 15) is 4.79 Å². The molecule has 0 spiro atoms. The van der Waals surface area contributed by atoms with Crippen molar-refractivity contribution in [1.29, 1.82) is 0 Å². The first kappa shape index (κ1) is 17.1. The molecule has 1 saturated heterocycles. The number of piperidine rings is 1. The number of benzene rings is 1. The summed E-state index contributed by atoms with van der Waals surface area (Å²) in [5, 5.41) is 4.31. The van der Waals surface area contributed by atoms with Crippen molar-refractivity contribution in [2.24, 2.45) is 5.92 Å². The molecule has 1 aliphatic heterocycles. The van der Waals surface area contributed by atoms with E-state index in [1.807, 2.05) is 4.90 Å². The summed E-state index contributed by atoms with van der Waals surface area (Å²) in [4.78, 5) is 18.7. The van der Waals surface area contributed by atoms with Gasteiger partial charge in [-0.3, -0.25) is 9.78 Å². The van der Waals surface area contributed by atoms with Gasteiger partial charge < -0.3 is 10.2 Å². The average molecular weight is 364 g/mol. The molecule has 1 N–H and O–H groups in total. The maximum atomic E-state index is 12.6. The minimum absolute atomic E-state index is 0.0206. The second kappa shape index (κ2) is 7.41. The van der Waals surface area contributed by atoms with Gasteiger partial charge in [0.2, 0.25) is 0 Å². The van der Waals surface area contributed by atoms with Gasteiger partial charge in [-0.1, -0.05) is 30.1 Å². The van der Waals surface area contributed by atoms with Crippen molar-refractivity contribution < 1.29 is 4.79 Å². The van der Waals surface area contributed by atoms with E-state index in [4.69, 9.17) is 23.2 Å². The summed E-state index contributed by atoms with van der Waals surface area (Å²) in [7, 11) is 0. The molecule has 0 unspecified atom stereocenters. The average Bonchev–Trinajstić information content (AvgIpc) is 2.58. The molecule has 4 nitrogen and oxygen atoms in total. The number of hydrogen-bond donors (Lipinski definition) is 1. The molecule has 1 fully saturated rings. The van der Waals surface area contributed by atoms with Gasteiger partial charge in [0.1, 0.15) is 5.69 Å². The quantitative estimate of drug-likeness (QED) is 0.833. The number of pyridine rings is 1. The standard InChI is InChI=1S/C18H19Cl2N3O/c1-12-5-8-23(9-6-12)18(24)17-11-14(4-7-21-17)22-16-3-2-13(19)10-15(16)20/h2-4,7,10-12H,5-6,8-9H2,1H3,(H,21,22). The first-order valence-corrected chi connectivity index (χ1v) is 8.76. The Morgan fingerprint density at radius 1 is 1.21 bits per heavy atom. The van der Waals surface area contributed by atoms with Crippen LogP contribution < -0.4 is 5.32 Å². The number of hydrogen-bond acceptors (Lipinski definition) is 3. The Kier molecular flexibility index (Phi) is 5.27. The molecule has 0 saturated carbocycles. The monoisotopic (exact) mass is 363 g/mol. The second-order valence-electron chi connectivity index (χ2n) is 6.15. The van der Waals surface area contributed by atoms with E-state index in [-0.39, 0.29) is 5.91 Å². The fourth-order valence-electron chi connectivity index (χ4n) is 2.75. The van der Waals surface area contributed by atoms with Crippen LogP contribution in [-0.2, 0) is 0 Å². The number of carbonyl (C=O) groups excluding carboxylic acids is 1. The van der Waals surface area contributed by atoms with E-state index < -0.39 is 0 Å². The molecule has 1 aromatic heterocycles. The first-order chi connectivity index (χ1) is 11.5. The van der Waals surface area contributed by atoms with Crippen LogP contribution in [0.15, 0.2) is 36.5 Å². The van der Waals surface area contributed by atoms with Crippen molar-refractivity contribution in [3.63, 3.8) is 0 Å². The smallest absolute Gasteiger partial charge is 0.272 e. The molecule has 0 bridgehead atoms. The molecule has 3 rings (SSSR count). The van der Waals surface area contributed by atoms with Crippen LogP contribution in [0, 0.1) is 5.92 Å². The van der Waals surface area contributed by atoms with Crippen molar-refractivity contribution in [2.75, 3.05) is 18.4 Å². The summed E-state index contributed by atoms with van der Waals surface area (Å²) in [6, 6.07) is 8.80. The Morgan fingerprint density at radius 3 is 2.67 bits per heavy atom. The van der Waals surface area contributed by atoms with Crippen LogP contribution in [0.5, 0.6) is 0 Å². The Bertz CT molecular complexity index is 743. The van der Waals surface area contributed by atoms with E-state index in [0.29, 0.717) is 21.7 Å². The van der Waals surface area contributed by atoms with E-state index in [1.165, 1.54) is 0 Å². The molecule has 1 amide bonds. The number of aromatic nitrogens is 1. The lowest BCUT2D eigenvalue weighted by molar-refractivity contribution is 0.0691. The number of nitrogens with one attached hydrogen (secondary N) is 1. The van der Waals surface area contributed by atoms with Crippen molar-refractivity contribution >= 4 is 40.5 Å². The number of nitrogens with zero attached hydrogens (tertiary/aromatic N) is 2. The molecular weight excluding hydrogens is 345 g/mol. The maximum Gasteiger partial charge on any atom is 0.272 e. The van der Waals surface area contributed by atoms with Gasteiger partial charge in [-0.2, -0.15) is 0 Å². The number of halogens is 2. The van der Waals surface area contributed by atoms with Crippen LogP contribution in [0.4, 0.5) is 11.4 Å². The van der Waals surface area contributed by atoms with E-state index in [1.54, 1.807) is 36.5 Å². The lowest BCUT2D eigenvalue weighted by atomic mass is 9.99. The fourth-order valence-corrected chi connectivity index (χ4v) is 3.20. The third kappa shape index (κ3) is 4.00. The topological polar surface area (TPSA) is 45.2 Å². The zero-order chi connectivity index (χ0) is 17.1. The Hall–Kier alpha value is -1.78. The van der Waals surface area contributed by atoms with Gasteiger partial charge in [-0.05, 0) is 49.1 Å². The predicted octanol–water partition coefficient (Wildman–Crippen LogP) is 5.00. The summed E-state index contributed by atoms with van der Waals surface area (Å²) in [6.07, 6.45) is 3.72. The van der Waals surface area contributed by atoms with Crippen molar-refractivity contribution in [3.05, 3.63) is 52.3 Å². The molecule has 2 heterocycles. The van der Waals surface area contributed by atoms with Gasteiger partial charge in [-0.25, -0.2) is 0 Å². The molecular formula is C18H19Cl2N3O. The molecule has 0 aliphatic carbocycles. The number of likely N-dealkylation sites (tertiary alicyclic amines) is 1. The Labute approximate surface area is 151 Å². The minimum Gasteiger partial charge on any atom is -0.354 e. The second-order valence-corrected chi connectivity index (χ2v) is 7.00. The minimum atomic E-state index is -0.0206. The van der Waals surface area contributed by atoms with Crippen LogP contribution in [0.1, 0.15) is 30.3 Å². The summed E-state index contributed by atoms with van der Waals surface area (Å²) in [5.41, 5.74) is 1.94. The van der Waals surface area contributed by atoms with Crippen molar-refractivity contribution in [3.8, 4) is 0 Å². The molecule has 24 heavy (non-hydrogen) atoms. The number of anilines is 2. The number of amides is 1. The normalized spacial score (nSPS) is 15.4. The molecule has 0 atom stereocenters. The highest BCUT2D eigenvalue weighted by Crippen LogP contribution is 2.28. The van der Waals surface area contributed by atoms with Crippen LogP contribution in [0.25, 0.3) is 0 Å². The van der Waals surface area contributed by atoms with Gasteiger partial charge in [-0.15, -0.1) is 0 Å². The summed E-state index contributed by atoms with van der Waals surface area (Å²) in [5.74, 6) is 0.662. The SMILES string of the molecule is CC1CCN(C(=O)c2cc(Nc3ccc(Cl)cc3Cl)ccn2)CC1.